The summed E-state index contributed by atoms with van der Waals surface area (Å²) in [5.41, 5.74) is 0.284. The summed E-state index contributed by atoms with van der Waals surface area (Å²) in [6.07, 6.45) is -1.12. The predicted octanol–water partition coefficient (Wildman–Crippen LogP) is 5.23. The third kappa shape index (κ3) is 6.69. The minimum absolute atomic E-state index is 0.102. The lowest BCUT2D eigenvalue weighted by Gasteiger charge is -2.39. The van der Waals surface area contributed by atoms with E-state index in [9.17, 15) is 27.9 Å². The van der Waals surface area contributed by atoms with Crippen LogP contribution in [0.4, 0.5) is 23.7 Å². The van der Waals surface area contributed by atoms with Gasteiger partial charge in [-0.2, -0.15) is 13.2 Å². The molecule has 3 heterocycles. The molecule has 1 aromatic rings. The first kappa shape index (κ1) is 27.5. The number of aliphatic carboxylic acids is 1. The number of rotatable bonds is 4. The number of nitrogens with zero attached hydrogens (tertiary/aromatic N) is 3. The molecule has 0 bridgehead atoms. The van der Waals surface area contributed by atoms with Crippen LogP contribution in [0.5, 0.6) is 0 Å². The monoisotopic (exact) mass is 525 g/mol. The Kier molecular flexibility index (Phi) is 7.70. The van der Waals surface area contributed by atoms with Crippen LogP contribution in [-0.4, -0.2) is 71.8 Å². The number of ether oxygens (including phenoxy) is 1. The Balaban J connectivity index is 1.42. The Bertz CT molecular complexity index is 992. The van der Waals surface area contributed by atoms with Gasteiger partial charge in [-0.1, -0.05) is 6.07 Å². The highest BCUT2D eigenvalue weighted by Crippen LogP contribution is 2.42. The number of hydrogen-bond acceptors (Lipinski definition) is 5. The smallest absolute Gasteiger partial charge is 0.416 e. The van der Waals surface area contributed by atoms with Crippen LogP contribution in [0, 0.1) is 11.3 Å². The van der Waals surface area contributed by atoms with E-state index in [1.165, 1.54) is 6.07 Å². The number of carbonyl (C=O) groups is 2. The van der Waals surface area contributed by atoms with E-state index in [2.05, 4.69) is 4.90 Å². The molecule has 1 aromatic carbocycles. The summed E-state index contributed by atoms with van der Waals surface area (Å²) < 4.78 is 46.1. The van der Waals surface area contributed by atoms with E-state index in [0.29, 0.717) is 51.3 Å². The molecule has 3 saturated heterocycles. The number of amides is 1. The second-order valence-electron chi connectivity index (χ2n) is 11.9. The van der Waals surface area contributed by atoms with E-state index in [1.807, 2.05) is 25.7 Å². The van der Waals surface area contributed by atoms with Crippen LogP contribution in [0.1, 0.15) is 64.0 Å². The largest absolute Gasteiger partial charge is 0.481 e. The highest BCUT2D eigenvalue weighted by molar-refractivity contribution is 5.70. The van der Waals surface area contributed by atoms with E-state index in [4.69, 9.17) is 4.74 Å². The Labute approximate surface area is 216 Å². The highest BCUT2D eigenvalue weighted by Gasteiger charge is 2.42. The van der Waals surface area contributed by atoms with Gasteiger partial charge < -0.3 is 19.6 Å². The minimum atomic E-state index is -4.44. The molecule has 10 heteroatoms. The average Bonchev–Trinajstić information content (AvgIpc) is 3.19. The molecule has 4 rings (SSSR count). The van der Waals surface area contributed by atoms with E-state index in [-0.39, 0.29) is 11.5 Å². The van der Waals surface area contributed by atoms with Crippen molar-refractivity contribution in [3.63, 3.8) is 0 Å². The molecular weight excluding hydrogens is 487 g/mol. The molecule has 0 aliphatic carbocycles. The van der Waals surface area contributed by atoms with Crippen molar-refractivity contribution in [3.05, 3.63) is 29.3 Å². The number of likely N-dealkylation sites (tertiary alicyclic amines) is 2. The maximum Gasteiger partial charge on any atom is 0.416 e. The molecular formula is C27H38F3N3O4. The predicted molar refractivity (Wildman–Crippen MR) is 133 cm³/mol. The van der Waals surface area contributed by atoms with Crippen LogP contribution in [0.25, 0.3) is 0 Å². The number of anilines is 1. The maximum atomic E-state index is 13.5. The van der Waals surface area contributed by atoms with E-state index in [0.717, 1.165) is 44.0 Å². The third-order valence-corrected chi connectivity index (χ3v) is 7.98. The lowest BCUT2D eigenvalue weighted by molar-refractivity contribution is -0.142. The molecule has 37 heavy (non-hydrogen) atoms. The first-order valence-corrected chi connectivity index (χ1v) is 13.1. The van der Waals surface area contributed by atoms with Gasteiger partial charge in [0.15, 0.2) is 0 Å². The summed E-state index contributed by atoms with van der Waals surface area (Å²) in [7, 11) is 0. The number of benzene rings is 1. The molecule has 0 atom stereocenters. The van der Waals surface area contributed by atoms with Crippen molar-refractivity contribution in [2.24, 2.45) is 11.3 Å². The standard InChI is InChI=1S/C27H38F3N3O4/c1-25(2,3)37-24(36)33-14-9-26(10-15-33)8-13-31(18-26)17-20-4-5-21(27(28,29)30)16-22(20)32-11-6-19(7-12-32)23(34)35/h4-5,16,19H,6-15,17-18H2,1-3H3,(H,34,35). The van der Waals surface area contributed by atoms with Crippen LogP contribution in [0.15, 0.2) is 18.2 Å². The molecule has 1 spiro atoms. The molecule has 0 unspecified atom stereocenters. The summed E-state index contributed by atoms with van der Waals surface area (Å²) in [6, 6.07) is 3.95. The summed E-state index contributed by atoms with van der Waals surface area (Å²) >= 11 is 0. The molecule has 0 saturated carbocycles. The van der Waals surface area contributed by atoms with Gasteiger partial charge in [0, 0.05) is 45.0 Å². The summed E-state index contributed by atoms with van der Waals surface area (Å²) in [4.78, 5) is 29.8. The van der Waals surface area contributed by atoms with Crippen molar-refractivity contribution in [2.45, 2.75) is 71.2 Å². The van der Waals surface area contributed by atoms with Gasteiger partial charge in [-0.15, -0.1) is 0 Å². The second-order valence-corrected chi connectivity index (χ2v) is 11.9. The molecule has 1 amide bonds. The first-order valence-electron chi connectivity index (χ1n) is 13.1. The van der Waals surface area contributed by atoms with Gasteiger partial charge in [0.2, 0.25) is 0 Å². The van der Waals surface area contributed by atoms with E-state index >= 15 is 0 Å². The fourth-order valence-corrected chi connectivity index (χ4v) is 5.84. The Morgan fingerprint density at radius 3 is 2.22 bits per heavy atom. The molecule has 3 aliphatic heterocycles. The second kappa shape index (κ2) is 10.3. The number of carboxylic acids is 1. The van der Waals surface area contributed by atoms with Crippen LogP contribution < -0.4 is 4.90 Å². The summed E-state index contributed by atoms with van der Waals surface area (Å²) in [5.74, 6) is -1.29. The van der Waals surface area contributed by atoms with E-state index in [1.54, 1.807) is 11.0 Å². The topological polar surface area (TPSA) is 73.3 Å². The highest BCUT2D eigenvalue weighted by atomic mass is 19.4. The lowest BCUT2D eigenvalue weighted by atomic mass is 9.78. The zero-order chi connectivity index (χ0) is 27.0. The Morgan fingerprint density at radius 1 is 1.03 bits per heavy atom. The molecule has 3 fully saturated rings. The van der Waals surface area contributed by atoms with Crippen LogP contribution in [0.3, 0.4) is 0 Å². The number of hydrogen-bond donors (Lipinski definition) is 1. The molecule has 3 aliphatic rings. The molecule has 206 valence electrons. The van der Waals surface area contributed by atoms with Crippen LogP contribution >= 0.6 is 0 Å². The number of alkyl halides is 3. The summed E-state index contributed by atoms with van der Waals surface area (Å²) in [6.45, 7) is 9.96. The van der Waals surface area contributed by atoms with Gasteiger partial charge in [-0.25, -0.2) is 4.79 Å². The number of halogens is 3. The van der Waals surface area contributed by atoms with Crippen molar-refractivity contribution in [3.8, 4) is 0 Å². The Morgan fingerprint density at radius 2 is 1.65 bits per heavy atom. The van der Waals surface area contributed by atoms with Crippen LogP contribution in [0.2, 0.25) is 0 Å². The fourth-order valence-electron chi connectivity index (χ4n) is 5.84. The van der Waals surface area contributed by atoms with Crippen molar-refractivity contribution in [2.75, 3.05) is 44.2 Å². The van der Waals surface area contributed by atoms with Gasteiger partial charge in [0.25, 0.3) is 0 Å². The molecule has 1 N–H and O–H groups in total. The van der Waals surface area contributed by atoms with Crippen molar-refractivity contribution in [1.82, 2.24) is 9.80 Å². The minimum Gasteiger partial charge on any atom is -0.481 e. The molecule has 7 nitrogen and oxygen atoms in total. The Hall–Kier alpha value is -2.49. The van der Waals surface area contributed by atoms with Gasteiger partial charge in [0.1, 0.15) is 5.60 Å². The van der Waals surface area contributed by atoms with E-state index < -0.39 is 29.2 Å². The fraction of sp³-hybridized carbons (Fsp3) is 0.704. The maximum absolute atomic E-state index is 13.5. The normalized spacial score (nSPS) is 21.5. The molecule has 0 radical (unpaired) electrons. The van der Waals surface area contributed by atoms with Crippen molar-refractivity contribution < 1.29 is 32.6 Å². The zero-order valence-electron chi connectivity index (χ0n) is 21.9. The quantitative estimate of drug-likeness (QED) is 0.581. The third-order valence-electron chi connectivity index (χ3n) is 7.98. The van der Waals surface area contributed by atoms with Crippen LogP contribution in [-0.2, 0) is 22.3 Å². The average molecular weight is 526 g/mol. The van der Waals surface area contributed by atoms with Gasteiger partial charge in [-0.05, 0) is 82.5 Å². The number of carbonyl (C=O) groups excluding carboxylic acids is 1. The van der Waals surface area contributed by atoms with Gasteiger partial charge >= 0.3 is 18.2 Å². The van der Waals surface area contributed by atoms with Crippen molar-refractivity contribution >= 4 is 17.7 Å². The molecule has 0 aromatic heterocycles. The zero-order valence-corrected chi connectivity index (χ0v) is 21.9. The first-order chi connectivity index (χ1) is 17.2. The van der Waals surface area contributed by atoms with Gasteiger partial charge in [-0.3, -0.25) is 9.69 Å². The number of piperidine rings is 2. The SMILES string of the molecule is CC(C)(C)OC(=O)N1CCC2(CCN(Cc3ccc(C(F)(F)F)cc3N3CCC(C(=O)O)CC3)C2)CC1. The van der Waals surface area contributed by atoms with Gasteiger partial charge in [0.05, 0.1) is 11.5 Å². The lowest BCUT2D eigenvalue weighted by Crippen LogP contribution is -2.46. The number of carboxylic acid groups (broad SMARTS) is 1. The van der Waals surface area contributed by atoms with Crippen molar-refractivity contribution in [1.29, 1.82) is 0 Å². The summed E-state index contributed by atoms with van der Waals surface area (Å²) in [5, 5.41) is 9.30.